The minimum absolute atomic E-state index is 0.0579. The molecule has 0 aromatic heterocycles. The Morgan fingerprint density at radius 1 is 1.17 bits per heavy atom. The SMILES string of the molecule is CCOC(=O)[C@H]1[C@H]2C(=O)N([C@H](CO)c3ccccc3)C(C(=O)NC3CCCCC3)C23CC[C@]1(CC)O3. The zero-order chi connectivity index (χ0) is 25.5. The molecule has 4 fully saturated rings. The average Bonchev–Trinajstić information content (AvgIpc) is 3.50. The van der Waals surface area contributed by atoms with Gasteiger partial charge in [-0.2, -0.15) is 0 Å². The standard InChI is InChI=1S/C28H38N2O6/c1-3-27-15-16-28(36-27)21(22(27)26(34)35-4-2)25(33)30(20(17-31)18-11-7-5-8-12-18)23(28)24(32)29-19-13-9-6-10-14-19/h5,7-8,11-12,19-23,31H,3-4,6,9-10,13-17H2,1-2H3,(H,29,32)/t20-,21+,22-,23?,27+,28?/m1/s1. The van der Waals surface area contributed by atoms with Crippen LogP contribution in [-0.2, 0) is 23.9 Å². The fourth-order valence-electron chi connectivity index (χ4n) is 7.44. The summed E-state index contributed by atoms with van der Waals surface area (Å²) in [6.45, 7) is 3.59. The Labute approximate surface area is 212 Å². The molecule has 4 aliphatic rings. The van der Waals surface area contributed by atoms with E-state index < -0.39 is 41.1 Å². The van der Waals surface area contributed by atoms with Gasteiger partial charge in [0.25, 0.3) is 0 Å². The molecule has 3 heterocycles. The van der Waals surface area contributed by atoms with Crippen molar-refractivity contribution < 1.29 is 29.0 Å². The van der Waals surface area contributed by atoms with Gasteiger partial charge in [0.1, 0.15) is 17.6 Å². The van der Waals surface area contributed by atoms with E-state index in [9.17, 15) is 19.5 Å². The molecule has 196 valence electrons. The molecule has 6 atom stereocenters. The molecule has 0 radical (unpaired) electrons. The number of esters is 1. The van der Waals surface area contributed by atoms with Crippen molar-refractivity contribution in [1.82, 2.24) is 10.2 Å². The first-order chi connectivity index (χ1) is 17.4. The summed E-state index contributed by atoms with van der Waals surface area (Å²) in [6.07, 6.45) is 6.78. The van der Waals surface area contributed by atoms with Gasteiger partial charge in [-0.05, 0) is 44.6 Å². The van der Waals surface area contributed by atoms with Gasteiger partial charge in [0, 0.05) is 6.04 Å². The number of hydrogen-bond donors (Lipinski definition) is 2. The van der Waals surface area contributed by atoms with Crippen LogP contribution in [0.2, 0.25) is 0 Å². The van der Waals surface area contributed by atoms with Crippen LogP contribution < -0.4 is 5.32 Å². The number of aliphatic hydroxyl groups excluding tert-OH is 1. The molecule has 8 nitrogen and oxygen atoms in total. The summed E-state index contributed by atoms with van der Waals surface area (Å²) in [5, 5.41) is 13.7. The van der Waals surface area contributed by atoms with Gasteiger partial charge in [0.2, 0.25) is 11.8 Å². The quantitative estimate of drug-likeness (QED) is 0.534. The minimum atomic E-state index is -1.12. The molecule has 1 aromatic carbocycles. The van der Waals surface area contributed by atoms with Crippen molar-refractivity contribution in [1.29, 1.82) is 0 Å². The number of nitrogens with one attached hydrogen (secondary N) is 1. The van der Waals surface area contributed by atoms with Crippen molar-refractivity contribution >= 4 is 17.8 Å². The predicted octanol–water partition coefficient (Wildman–Crippen LogP) is 2.89. The molecule has 2 N–H and O–H groups in total. The van der Waals surface area contributed by atoms with E-state index in [-0.39, 0.29) is 31.1 Å². The first kappa shape index (κ1) is 25.2. The number of carbonyl (C=O) groups is 3. The second kappa shape index (κ2) is 9.78. The number of rotatable bonds is 8. The van der Waals surface area contributed by atoms with Gasteiger partial charge >= 0.3 is 5.97 Å². The van der Waals surface area contributed by atoms with E-state index in [1.165, 1.54) is 4.90 Å². The van der Waals surface area contributed by atoms with Crippen molar-refractivity contribution in [2.45, 2.75) is 94.5 Å². The Morgan fingerprint density at radius 3 is 2.53 bits per heavy atom. The van der Waals surface area contributed by atoms with E-state index in [2.05, 4.69) is 5.32 Å². The maximum Gasteiger partial charge on any atom is 0.312 e. The molecule has 1 aliphatic carbocycles. The van der Waals surface area contributed by atoms with Crippen LogP contribution in [0.15, 0.2) is 30.3 Å². The topological polar surface area (TPSA) is 105 Å². The minimum Gasteiger partial charge on any atom is -0.466 e. The summed E-state index contributed by atoms with van der Waals surface area (Å²) < 4.78 is 12.2. The van der Waals surface area contributed by atoms with E-state index in [1.807, 2.05) is 37.3 Å². The fourth-order valence-corrected chi connectivity index (χ4v) is 7.44. The molecule has 2 amide bonds. The molecule has 3 saturated heterocycles. The Kier molecular flexibility index (Phi) is 6.85. The van der Waals surface area contributed by atoms with Gasteiger partial charge in [0.15, 0.2) is 0 Å². The van der Waals surface area contributed by atoms with Crippen LogP contribution in [0, 0.1) is 11.8 Å². The zero-order valence-electron chi connectivity index (χ0n) is 21.3. The average molecular weight is 499 g/mol. The fraction of sp³-hybridized carbons (Fsp3) is 0.679. The molecule has 5 rings (SSSR count). The Hall–Kier alpha value is -2.45. The predicted molar refractivity (Wildman–Crippen MR) is 132 cm³/mol. The van der Waals surface area contributed by atoms with E-state index in [4.69, 9.17) is 9.47 Å². The van der Waals surface area contributed by atoms with Gasteiger partial charge in [-0.1, -0.05) is 56.5 Å². The van der Waals surface area contributed by atoms with Crippen LogP contribution in [0.25, 0.3) is 0 Å². The lowest BCUT2D eigenvalue weighted by Gasteiger charge is -2.38. The number of ether oxygens (including phenoxy) is 2. The lowest BCUT2D eigenvalue weighted by molar-refractivity contribution is -0.162. The second-order valence-electron chi connectivity index (χ2n) is 10.8. The lowest BCUT2D eigenvalue weighted by atomic mass is 9.65. The van der Waals surface area contributed by atoms with Gasteiger partial charge in [-0.15, -0.1) is 0 Å². The number of nitrogens with zero attached hydrogens (tertiary/aromatic N) is 1. The van der Waals surface area contributed by atoms with Crippen LogP contribution in [0.4, 0.5) is 0 Å². The normalized spacial score (nSPS) is 34.5. The molecular formula is C28H38N2O6. The number of aliphatic hydroxyl groups is 1. The van der Waals surface area contributed by atoms with Gasteiger partial charge in [0.05, 0.1) is 30.8 Å². The Morgan fingerprint density at radius 2 is 1.89 bits per heavy atom. The highest BCUT2D eigenvalue weighted by molar-refractivity contribution is 5.99. The van der Waals surface area contributed by atoms with Gasteiger partial charge in [-0.3, -0.25) is 14.4 Å². The summed E-state index contributed by atoms with van der Waals surface area (Å²) in [4.78, 5) is 43.1. The van der Waals surface area contributed by atoms with Crippen molar-refractivity contribution in [3.05, 3.63) is 35.9 Å². The second-order valence-corrected chi connectivity index (χ2v) is 10.8. The third-order valence-electron chi connectivity index (χ3n) is 9.05. The van der Waals surface area contributed by atoms with E-state index in [0.29, 0.717) is 19.3 Å². The summed E-state index contributed by atoms with van der Waals surface area (Å²) in [6, 6.07) is 7.69. The third kappa shape index (κ3) is 3.76. The highest BCUT2D eigenvalue weighted by atomic mass is 16.6. The first-order valence-corrected chi connectivity index (χ1v) is 13.6. The first-order valence-electron chi connectivity index (χ1n) is 13.6. The summed E-state index contributed by atoms with van der Waals surface area (Å²) in [5.41, 5.74) is -1.19. The maximum absolute atomic E-state index is 14.3. The highest BCUT2D eigenvalue weighted by Crippen LogP contribution is 2.65. The Bertz CT molecular complexity index is 995. The van der Waals surface area contributed by atoms with Crippen LogP contribution in [-0.4, -0.2) is 64.3 Å². The van der Waals surface area contributed by atoms with Crippen LogP contribution >= 0.6 is 0 Å². The number of amides is 2. The summed E-state index contributed by atoms with van der Waals surface area (Å²) in [7, 11) is 0. The van der Waals surface area contributed by atoms with Crippen molar-refractivity contribution in [2.24, 2.45) is 11.8 Å². The van der Waals surface area contributed by atoms with E-state index in [0.717, 1.165) is 37.7 Å². The number of fused-ring (bicyclic) bond motifs is 1. The largest absolute Gasteiger partial charge is 0.466 e. The van der Waals surface area contributed by atoms with Crippen molar-refractivity contribution in [2.75, 3.05) is 13.2 Å². The third-order valence-corrected chi connectivity index (χ3v) is 9.05. The molecule has 2 unspecified atom stereocenters. The number of likely N-dealkylation sites (tertiary alicyclic amines) is 1. The van der Waals surface area contributed by atoms with Crippen LogP contribution in [0.1, 0.15) is 76.8 Å². The molecule has 2 bridgehead atoms. The molecule has 8 heteroatoms. The van der Waals surface area contributed by atoms with E-state index >= 15 is 0 Å². The van der Waals surface area contributed by atoms with Crippen LogP contribution in [0.3, 0.4) is 0 Å². The lowest BCUT2D eigenvalue weighted by Crippen LogP contribution is -2.57. The molecule has 1 aromatic rings. The highest BCUT2D eigenvalue weighted by Gasteiger charge is 2.79. The number of benzene rings is 1. The van der Waals surface area contributed by atoms with Gasteiger partial charge in [-0.25, -0.2) is 0 Å². The molecule has 3 aliphatic heterocycles. The van der Waals surface area contributed by atoms with Gasteiger partial charge < -0.3 is 24.8 Å². The summed E-state index contributed by atoms with van der Waals surface area (Å²) >= 11 is 0. The monoisotopic (exact) mass is 498 g/mol. The molecule has 36 heavy (non-hydrogen) atoms. The maximum atomic E-state index is 14.3. The molecule has 1 spiro atoms. The van der Waals surface area contributed by atoms with Crippen molar-refractivity contribution in [3.63, 3.8) is 0 Å². The Balaban J connectivity index is 1.58. The molecular weight excluding hydrogens is 460 g/mol. The van der Waals surface area contributed by atoms with E-state index in [1.54, 1.807) is 6.92 Å². The van der Waals surface area contributed by atoms with Crippen molar-refractivity contribution in [3.8, 4) is 0 Å². The smallest absolute Gasteiger partial charge is 0.312 e. The number of carbonyl (C=O) groups excluding carboxylic acids is 3. The zero-order valence-corrected chi connectivity index (χ0v) is 21.3. The number of hydrogen-bond acceptors (Lipinski definition) is 6. The molecule has 1 saturated carbocycles. The summed E-state index contributed by atoms with van der Waals surface area (Å²) in [5.74, 6) is -2.58. The van der Waals surface area contributed by atoms with Crippen LogP contribution in [0.5, 0.6) is 0 Å².